The molecule has 0 fully saturated rings. The predicted octanol–water partition coefficient (Wildman–Crippen LogP) is 1.74. The second kappa shape index (κ2) is 5.95. The van der Waals surface area contributed by atoms with Gasteiger partial charge in [-0.15, -0.1) is 0 Å². The van der Waals surface area contributed by atoms with E-state index in [1.54, 1.807) is 7.11 Å². The maximum absolute atomic E-state index is 5.88. The van der Waals surface area contributed by atoms with Crippen molar-refractivity contribution >= 4 is 11.6 Å². The molecule has 0 unspecified atom stereocenters. The average molecular weight is 229 g/mol. The van der Waals surface area contributed by atoms with Crippen LogP contribution < -0.4 is 10.5 Å². The molecule has 0 radical (unpaired) electrons. The second-order valence-corrected chi connectivity index (χ2v) is 3.92. The Morgan fingerprint density at radius 2 is 2.20 bits per heavy atom. The molecule has 1 aromatic carbocycles. The van der Waals surface area contributed by atoms with Crippen LogP contribution in [0.2, 0.25) is 5.02 Å². The Labute approximate surface area is 95.8 Å². The summed E-state index contributed by atoms with van der Waals surface area (Å²) in [7, 11) is 3.68. The lowest BCUT2D eigenvalue weighted by molar-refractivity contribution is 0.325. The highest BCUT2D eigenvalue weighted by Gasteiger charge is 2.06. The number of methoxy groups -OCH3 is 1. The molecule has 0 aliphatic rings. The maximum atomic E-state index is 5.88. The van der Waals surface area contributed by atoms with E-state index in [4.69, 9.17) is 22.1 Å². The minimum absolute atomic E-state index is 0.659. The number of hydrogen-bond donors (Lipinski definition) is 1. The SMILES string of the molecule is COc1cc(Cl)ccc1CN(C)CCN. The van der Waals surface area contributed by atoms with E-state index in [0.29, 0.717) is 11.6 Å². The molecule has 84 valence electrons. The number of halogens is 1. The molecule has 1 aromatic rings. The normalized spacial score (nSPS) is 10.7. The Balaban J connectivity index is 2.75. The van der Waals surface area contributed by atoms with Crippen molar-refractivity contribution in [2.75, 3.05) is 27.2 Å². The van der Waals surface area contributed by atoms with E-state index in [0.717, 1.165) is 24.4 Å². The second-order valence-electron chi connectivity index (χ2n) is 3.48. The van der Waals surface area contributed by atoms with Gasteiger partial charge in [-0.3, -0.25) is 0 Å². The van der Waals surface area contributed by atoms with Crippen molar-refractivity contribution in [3.63, 3.8) is 0 Å². The van der Waals surface area contributed by atoms with Gasteiger partial charge in [-0.1, -0.05) is 17.7 Å². The van der Waals surface area contributed by atoms with Gasteiger partial charge in [0.05, 0.1) is 7.11 Å². The summed E-state index contributed by atoms with van der Waals surface area (Å²) >= 11 is 5.88. The van der Waals surface area contributed by atoms with Crippen LogP contribution in [0, 0.1) is 0 Å². The zero-order valence-corrected chi connectivity index (χ0v) is 9.92. The smallest absolute Gasteiger partial charge is 0.124 e. The molecular weight excluding hydrogens is 212 g/mol. The Morgan fingerprint density at radius 3 is 2.80 bits per heavy atom. The Hall–Kier alpha value is -0.770. The van der Waals surface area contributed by atoms with Crippen molar-refractivity contribution < 1.29 is 4.74 Å². The third-order valence-electron chi connectivity index (χ3n) is 2.20. The number of likely N-dealkylation sites (N-methyl/N-ethyl adjacent to an activating group) is 1. The van der Waals surface area contributed by atoms with Crippen molar-refractivity contribution in [2.45, 2.75) is 6.54 Å². The number of benzene rings is 1. The van der Waals surface area contributed by atoms with Crippen molar-refractivity contribution in [3.05, 3.63) is 28.8 Å². The van der Waals surface area contributed by atoms with Gasteiger partial charge in [0.25, 0.3) is 0 Å². The highest BCUT2D eigenvalue weighted by Crippen LogP contribution is 2.23. The number of nitrogens with zero attached hydrogens (tertiary/aromatic N) is 1. The molecule has 0 bridgehead atoms. The van der Waals surface area contributed by atoms with Gasteiger partial charge < -0.3 is 15.4 Å². The quantitative estimate of drug-likeness (QED) is 0.835. The average Bonchev–Trinajstić information content (AvgIpc) is 2.21. The molecular formula is C11H17ClN2O. The molecule has 0 aliphatic carbocycles. The first-order valence-electron chi connectivity index (χ1n) is 4.88. The monoisotopic (exact) mass is 228 g/mol. The molecule has 0 aliphatic heterocycles. The lowest BCUT2D eigenvalue weighted by Gasteiger charge is -2.17. The molecule has 15 heavy (non-hydrogen) atoms. The molecule has 2 N–H and O–H groups in total. The first kappa shape index (κ1) is 12.3. The van der Waals surface area contributed by atoms with E-state index in [-0.39, 0.29) is 0 Å². The lowest BCUT2D eigenvalue weighted by Crippen LogP contribution is -2.25. The Bertz CT molecular complexity index is 317. The van der Waals surface area contributed by atoms with Gasteiger partial charge in [-0.25, -0.2) is 0 Å². The van der Waals surface area contributed by atoms with Crippen molar-refractivity contribution in [3.8, 4) is 5.75 Å². The summed E-state index contributed by atoms with van der Waals surface area (Å²) in [4.78, 5) is 2.14. The molecule has 0 atom stereocenters. The van der Waals surface area contributed by atoms with E-state index in [2.05, 4.69) is 4.90 Å². The Kier molecular flexibility index (Phi) is 4.88. The van der Waals surface area contributed by atoms with Gasteiger partial charge >= 0.3 is 0 Å². The maximum Gasteiger partial charge on any atom is 0.124 e. The van der Waals surface area contributed by atoms with E-state index in [1.165, 1.54) is 0 Å². The molecule has 4 heteroatoms. The molecule has 3 nitrogen and oxygen atoms in total. The van der Waals surface area contributed by atoms with E-state index >= 15 is 0 Å². The van der Waals surface area contributed by atoms with Crippen molar-refractivity contribution in [2.24, 2.45) is 5.73 Å². The van der Waals surface area contributed by atoms with Crippen LogP contribution >= 0.6 is 11.6 Å². The van der Waals surface area contributed by atoms with Gasteiger partial charge in [0.2, 0.25) is 0 Å². The largest absolute Gasteiger partial charge is 0.496 e. The lowest BCUT2D eigenvalue weighted by atomic mass is 10.2. The third-order valence-corrected chi connectivity index (χ3v) is 2.44. The summed E-state index contributed by atoms with van der Waals surface area (Å²) in [6.07, 6.45) is 0. The first-order valence-corrected chi connectivity index (χ1v) is 5.26. The van der Waals surface area contributed by atoms with Crippen molar-refractivity contribution in [1.29, 1.82) is 0 Å². The van der Waals surface area contributed by atoms with Crippen LogP contribution in [0.15, 0.2) is 18.2 Å². The molecule has 0 saturated carbocycles. The zero-order valence-electron chi connectivity index (χ0n) is 9.16. The van der Waals surface area contributed by atoms with Gasteiger partial charge in [-0.2, -0.15) is 0 Å². The summed E-state index contributed by atoms with van der Waals surface area (Å²) in [5, 5.41) is 0.692. The van der Waals surface area contributed by atoms with Gasteiger partial charge in [0.1, 0.15) is 5.75 Å². The summed E-state index contributed by atoms with van der Waals surface area (Å²) in [5.41, 5.74) is 6.61. The predicted molar refractivity (Wildman–Crippen MR) is 63.4 cm³/mol. The van der Waals surface area contributed by atoms with Gasteiger partial charge in [-0.05, 0) is 19.2 Å². The van der Waals surface area contributed by atoms with E-state index in [1.807, 2.05) is 25.2 Å². The standard InChI is InChI=1S/C11H17ClN2O/c1-14(6-5-13)8-9-3-4-10(12)7-11(9)15-2/h3-4,7H,5-6,8,13H2,1-2H3. The minimum atomic E-state index is 0.659. The minimum Gasteiger partial charge on any atom is -0.496 e. The van der Waals surface area contributed by atoms with Crippen LogP contribution in [0.25, 0.3) is 0 Å². The first-order chi connectivity index (χ1) is 7.17. The molecule has 1 rings (SSSR count). The van der Waals surface area contributed by atoms with Crippen LogP contribution in [0.4, 0.5) is 0 Å². The topological polar surface area (TPSA) is 38.5 Å². The number of rotatable bonds is 5. The van der Waals surface area contributed by atoms with Crippen LogP contribution in [-0.2, 0) is 6.54 Å². The van der Waals surface area contributed by atoms with Gasteiger partial charge in [0.15, 0.2) is 0 Å². The summed E-state index contributed by atoms with van der Waals surface area (Å²) in [6, 6.07) is 5.68. The number of ether oxygens (including phenoxy) is 1. The fourth-order valence-electron chi connectivity index (χ4n) is 1.44. The highest BCUT2D eigenvalue weighted by molar-refractivity contribution is 6.30. The van der Waals surface area contributed by atoms with E-state index < -0.39 is 0 Å². The fourth-order valence-corrected chi connectivity index (χ4v) is 1.60. The fraction of sp³-hybridized carbons (Fsp3) is 0.455. The molecule has 0 spiro atoms. The number of nitrogens with two attached hydrogens (primary N) is 1. The highest BCUT2D eigenvalue weighted by atomic mass is 35.5. The van der Waals surface area contributed by atoms with Crippen LogP contribution in [0.3, 0.4) is 0 Å². The molecule has 0 amide bonds. The molecule has 0 saturated heterocycles. The van der Waals surface area contributed by atoms with E-state index in [9.17, 15) is 0 Å². The van der Waals surface area contributed by atoms with Gasteiger partial charge in [0, 0.05) is 30.2 Å². The summed E-state index contributed by atoms with van der Waals surface area (Å²) < 4.78 is 5.26. The summed E-state index contributed by atoms with van der Waals surface area (Å²) in [6.45, 7) is 2.34. The zero-order chi connectivity index (χ0) is 11.3. The molecule has 0 heterocycles. The Morgan fingerprint density at radius 1 is 1.47 bits per heavy atom. The summed E-state index contributed by atoms with van der Waals surface area (Å²) in [5.74, 6) is 0.825. The van der Waals surface area contributed by atoms with Crippen LogP contribution in [-0.4, -0.2) is 32.1 Å². The van der Waals surface area contributed by atoms with Crippen LogP contribution in [0.1, 0.15) is 5.56 Å². The van der Waals surface area contributed by atoms with Crippen molar-refractivity contribution in [1.82, 2.24) is 4.90 Å². The molecule has 0 aromatic heterocycles. The van der Waals surface area contributed by atoms with Crippen LogP contribution in [0.5, 0.6) is 5.75 Å². The third kappa shape index (κ3) is 3.70. The number of hydrogen-bond acceptors (Lipinski definition) is 3.